The van der Waals surface area contributed by atoms with E-state index in [0.717, 1.165) is 6.29 Å². The fourth-order valence-corrected chi connectivity index (χ4v) is 2.19. The van der Waals surface area contributed by atoms with Gasteiger partial charge in [0.15, 0.2) is 0 Å². The summed E-state index contributed by atoms with van der Waals surface area (Å²) >= 11 is 0. The molecule has 0 aromatic rings. The third kappa shape index (κ3) is 2.99. The van der Waals surface area contributed by atoms with Gasteiger partial charge in [-0.15, -0.1) is 0 Å². The van der Waals surface area contributed by atoms with Crippen LogP contribution >= 0.6 is 30.0 Å². The molecule has 1 nitrogen and oxygen atoms in total. The van der Waals surface area contributed by atoms with Crippen LogP contribution in [0.3, 0.4) is 0 Å². The molecule has 0 rings (SSSR count). The van der Waals surface area contributed by atoms with Crippen molar-refractivity contribution in [3.05, 3.63) is 0 Å². The predicted octanol–water partition coefficient (Wildman–Crippen LogP) is 3.01. The molecule has 5 heteroatoms. The zero-order chi connectivity index (χ0) is 8.41. The van der Waals surface area contributed by atoms with E-state index in [-0.39, 0.29) is 0 Å². The molecule has 0 aliphatic heterocycles. The van der Waals surface area contributed by atoms with Crippen LogP contribution in [0.5, 0.6) is 0 Å². The molecule has 0 aromatic carbocycles. The van der Waals surface area contributed by atoms with Gasteiger partial charge in [-0.2, -0.15) is 0 Å². The van der Waals surface area contributed by atoms with Gasteiger partial charge in [0, 0.05) is 0 Å². The molecule has 0 radical (unpaired) electrons. The Labute approximate surface area is 75.9 Å². The number of rotatable bonds is 3. The Hall–Kier alpha value is 1.08. The van der Waals surface area contributed by atoms with Gasteiger partial charge in [-0.3, -0.25) is 0 Å². The summed E-state index contributed by atoms with van der Waals surface area (Å²) in [6.45, 7) is 3.63. The van der Waals surface area contributed by atoms with Crippen LogP contribution in [0.4, 0.5) is 0 Å². The second-order valence-electron chi connectivity index (χ2n) is 2.75. The molecule has 0 amide bonds. The summed E-state index contributed by atoms with van der Waals surface area (Å²) in [4.78, 5) is 10.1. The van der Waals surface area contributed by atoms with Crippen LogP contribution in [-0.4, -0.2) is 16.8 Å². The number of hydrogen-bond acceptors (Lipinski definition) is 1. The Morgan fingerprint density at radius 1 is 1.40 bits per heavy atom. The summed E-state index contributed by atoms with van der Waals surface area (Å²) in [7, 11) is 14.1. The summed E-state index contributed by atoms with van der Waals surface area (Å²) in [5.41, 5.74) is 0. The Bertz CT molecular complexity index is 129. The summed E-state index contributed by atoms with van der Waals surface area (Å²) in [6.07, 6.45) is 1.14. The summed E-state index contributed by atoms with van der Waals surface area (Å²) in [5.74, 6) is 0. The number of aldehydes is 1. The van der Waals surface area contributed by atoms with Gasteiger partial charge in [-0.25, -0.2) is 0 Å². The average molecular weight is 264 g/mol. The van der Waals surface area contributed by atoms with Crippen LogP contribution in [0, 0.1) is 0 Å². The van der Waals surface area contributed by atoms with Crippen molar-refractivity contribution in [3.63, 3.8) is 0 Å². The first-order chi connectivity index (χ1) is 4.31. The second-order valence-corrected chi connectivity index (χ2v) is 19.5. The van der Waals surface area contributed by atoms with Crippen molar-refractivity contribution < 1.29 is 4.79 Å². The van der Waals surface area contributed by atoms with Gasteiger partial charge in [0.2, 0.25) is 0 Å². The Kier molecular flexibility index (Phi) is 4.05. The van der Waals surface area contributed by atoms with Crippen LogP contribution in [0.2, 0.25) is 4.25 Å². The van der Waals surface area contributed by atoms with Crippen LogP contribution in [0.25, 0.3) is 0 Å². The van der Waals surface area contributed by atoms with E-state index in [0.29, 0.717) is 6.42 Å². The van der Waals surface area contributed by atoms with E-state index < -0.39 is 14.7 Å². The SMILES string of the molecule is C[C](C)(CC=O)[Ge]([Cl])([Cl])[Cl]. The van der Waals surface area contributed by atoms with Crippen molar-refractivity contribution in [2.45, 2.75) is 24.5 Å². The van der Waals surface area contributed by atoms with E-state index in [4.69, 9.17) is 30.0 Å². The van der Waals surface area contributed by atoms with Gasteiger partial charge in [-0.05, 0) is 0 Å². The van der Waals surface area contributed by atoms with Crippen LogP contribution < -0.4 is 0 Å². The van der Waals surface area contributed by atoms with Crippen LogP contribution in [0.1, 0.15) is 20.3 Å². The molecule has 0 aliphatic carbocycles. The first-order valence-electron chi connectivity index (χ1n) is 2.81. The Balaban J connectivity index is 4.23. The van der Waals surface area contributed by atoms with E-state index in [1.807, 2.05) is 13.8 Å². The van der Waals surface area contributed by atoms with Crippen molar-refractivity contribution in [2.24, 2.45) is 0 Å². The predicted molar refractivity (Wildman–Crippen MR) is 48.0 cm³/mol. The molecule has 0 aliphatic rings. The van der Waals surface area contributed by atoms with Crippen molar-refractivity contribution in [1.82, 2.24) is 0 Å². The van der Waals surface area contributed by atoms with Gasteiger partial charge in [0.25, 0.3) is 0 Å². The first-order valence-corrected chi connectivity index (χ1v) is 12.1. The third-order valence-corrected chi connectivity index (χ3v) is 13.0. The van der Waals surface area contributed by atoms with Crippen molar-refractivity contribution in [3.8, 4) is 0 Å². The molecule has 0 heterocycles. The average Bonchev–Trinajstić information content (AvgIpc) is 1.61. The molecule has 10 heavy (non-hydrogen) atoms. The number of carbonyl (C=O) groups excluding carboxylic acids is 1. The molecule has 60 valence electrons. The molecule has 0 bridgehead atoms. The maximum atomic E-state index is 10.1. The summed E-state index contributed by atoms with van der Waals surface area (Å²) in [6, 6.07) is 0. The molecule has 0 N–H and O–H groups in total. The Morgan fingerprint density at radius 2 is 1.80 bits per heavy atom. The molecule has 0 unspecified atom stereocenters. The van der Waals surface area contributed by atoms with E-state index in [1.165, 1.54) is 0 Å². The molecule has 0 saturated heterocycles. The van der Waals surface area contributed by atoms with Crippen molar-refractivity contribution in [2.75, 3.05) is 0 Å². The maximum absolute atomic E-state index is 10.1. The third-order valence-electron chi connectivity index (χ3n) is 1.36. The normalized spacial score (nSPS) is 13.3. The minimum absolute atomic E-state index is 0.337. The topological polar surface area (TPSA) is 17.1 Å². The van der Waals surface area contributed by atoms with E-state index in [9.17, 15) is 4.79 Å². The van der Waals surface area contributed by atoms with E-state index in [2.05, 4.69) is 0 Å². The fourth-order valence-electron chi connectivity index (χ4n) is 0.324. The number of halogens is 3. The second kappa shape index (κ2) is 3.66. The zero-order valence-electron chi connectivity index (χ0n) is 5.83. The molecule has 0 saturated carbocycles. The van der Waals surface area contributed by atoms with Gasteiger partial charge < -0.3 is 0 Å². The molecule has 0 aromatic heterocycles. The van der Waals surface area contributed by atoms with Crippen LogP contribution in [0.15, 0.2) is 0 Å². The summed E-state index contributed by atoms with van der Waals surface area (Å²) in [5, 5.41) is 0. The monoisotopic (exact) mass is 264 g/mol. The fraction of sp³-hybridized carbons (Fsp3) is 0.800. The molecule has 0 fully saturated rings. The molecule has 0 spiro atoms. The quantitative estimate of drug-likeness (QED) is 0.565. The van der Waals surface area contributed by atoms with Gasteiger partial charge in [-0.1, -0.05) is 0 Å². The van der Waals surface area contributed by atoms with Crippen LogP contribution in [-0.2, 0) is 4.79 Å². The van der Waals surface area contributed by atoms with E-state index in [1.54, 1.807) is 0 Å². The first kappa shape index (κ1) is 11.1. The standard InChI is InChI=1S/C5H9Cl3GeO/c1-5(2,3-4-10)9(6,7)8/h4H,3H2,1-2H3. The number of hydrogen-bond donors (Lipinski definition) is 0. The van der Waals surface area contributed by atoms with Gasteiger partial charge >= 0.3 is 76.1 Å². The van der Waals surface area contributed by atoms with Crippen molar-refractivity contribution in [1.29, 1.82) is 0 Å². The van der Waals surface area contributed by atoms with Gasteiger partial charge in [0.1, 0.15) is 0 Å². The zero-order valence-corrected chi connectivity index (χ0v) is 10.2. The van der Waals surface area contributed by atoms with Crippen molar-refractivity contribution >= 4 is 46.8 Å². The number of carbonyl (C=O) groups is 1. The molecular weight excluding hydrogens is 255 g/mol. The Morgan fingerprint density at radius 3 is 1.90 bits per heavy atom. The summed E-state index contributed by atoms with van der Waals surface area (Å²) < 4.78 is -0.396. The molecule has 0 atom stereocenters. The minimum atomic E-state index is -3.19. The molecular formula is C5H9Cl3GeO. The van der Waals surface area contributed by atoms with Gasteiger partial charge in [0.05, 0.1) is 0 Å². The van der Waals surface area contributed by atoms with E-state index >= 15 is 0 Å².